The molecule has 2 heterocycles. The summed E-state index contributed by atoms with van der Waals surface area (Å²) < 4.78 is 67.0. The van der Waals surface area contributed by atoms with Gasteiger partial charge in [0.1, 0.15) is 10.6 Å². The van der Waals surface area contributed by atoms with Crippen molar-refractivity contribution >= 4 is 32.4 Å². The van der Waals surface area contributed by atoms with Gasteiger partial charge in [-0.1, -0.05) is 11.3 Å². The first-order valence-corrected chi connectivity index (χ1v) is 10.6. The SMILES string of the molecule is NO.O=C(NO)c1cnc(N2CCN(S(=O)(=O)c3ccc(OC(F)(F)F)cc3)CC2)s1. The van der Waals surface area contributed by atoms with Crippen molar-refractivity contribution in [2.24, 2.45) is 5.90 Å². The van der Waals surface area contributed by atoms with Gasteiger partial charge in [-0.2, -0.15) is 4.31 Å². The Labute approximate surface area is 178 Å². The number of carbonyl (C=O) groups is 1. The number of thiazole rings is 1. The Kier molecular flexibility index (Phi) is 8.15. The number of sulfonamides is 1. The molecule has 0 spiro atoms. The number of rotatable bonds is 5. The molecule has 1 aliphatic rings. The summed E-state index contributed by atoms with van der Waals surface area (Å²) in [5.74, 6) is 2.31. The number of aromatic nitrogens is 1. The summed E-state index contributed by atoms with van der Waals surface area (Å²) in [7, 11) is -3.88. The van der Waals surface area contributed by atoms with Crippen LogP contribution in [-0.4, -0.2) is 66.6 Å². The van der Waals surface area contributed by atoms with Gasteiger partial charge >= 0.3 is 6.36 Å². The molecule has 0 atom stereocenters. The fraction of sp³-hybridized carbons (Fsp3) is 0.333. The zero-order valence-electron chi connectivity index (χ0n) is 15.6. The smallest absolute Gasteiger partial charge is 0.406 e. The van der Waals surface area contributed by atoms with E-state index in [4.69, 9.17) is 10.4 Å². The van der Waals surface area contributed by atoms with E-state index in [0.29, 0.717) is 18.2 Å². The first-order chi connectivity index (χ1) is 14.6. The number of nitrogens with two attached hydrogens (primary N) is 1. The molecule has 1 saturated heterocycles. The van der Waals surface area contributed by atoms with Crippen molar-refractivity contribution in [2.45, 2.75) is 11.3 Å². The highest BCUT2D eigenvalue weighted by Gasteiger charge is 2.32. The zero-order valence-corrected chi connectivity index (χ0v) is 17.2. The van der Waals surface area contributed by atoms with Gasteiger partial charge in [-0.15, -0.1) is 13.2 Å². The Morgan fingerprint density at radius 1 is 1.16 bits per heavy atom. The number of hydroxylamine groups is 1. The summed E-state index contributed by atoms with van der Waals surface area (Å²) in [6, 6.07) is 4.01. The molecule has 3 rings (SSSR count). The van der Waals surface area contributed by atoms with Gasteiger partial charge in [-0.05, 0) is 24.3 Å². The van der Waals surface area contributed by atoms with Crippen molar-refractivity contribution in [2.75, 3.05) is 31.1 Å². The Morgan fingerprint density at radius 3 is 2.26 bits per heavy atom. The predicted octanol–water partition coefficient (Wildman–Crippen LogP) is 1.01. The second-order valence-electron chi connectivity index (χ2n) is 5.86. The van der Waals surface area contributed by atoms with Crippen LogP contribution in [-0.2, 0) is 10.0 Å². The quantitative estimate of drug-likeness (QED) is 0.358. The van der Waals surface area contributed by atoms with Crippen molar-refractivity contribution in [3.8, 4) is 5.75 Å². The monoisotopic (exact) mass is 485 g/mol. The molecule has 5 N–H and O–H groups in total. The van der Waals surface area contributed by atoms with Gasteiger partial charge in [-0.25, -0.2) is 24.8 Å². The van der Waals surface area contributed by atoms with Gasteiger partial charge in [0, 0.05) is 26.2 Å². The number of ether oxygens (including phenoxy) is 1. The van der Waals surface area contributed by atoms with Crippen molar-refractivity contribution < 1.29 is 41.5 Å². The topological polar surface area (TPSA) is 158 Å². The lowest BCUT2D eigenvalue weighted by Gasteiger charge is -2.33. The minimum absolute atomic E-state index is 0.129. The molecule has 0 saturated carbocycles. The molecular formula is C15H18F3N5O6S2. The molecule has 1 aromatic carbocycles. The van der Waals surface area contributed by atoms with E-state index in [1.54, 1.807) is 4.90 Å². The van der Waals surface area contributed by atoms with Gasteiger partial charge in [-0.3, -0.25) is 10.0 Å². The maximum absolute atomic E-state index is 12.7. The van der Waals surface area contributed by atoms with Gasteiger partial charge in [0.15, 0.2) is 5.13 Å². The Bertz CT molecular complexity index is 976. The van der Waals surface area contributed by atoms with Crippen molar-refractivity contribution in [3.05, 3.63) is 35.3 Å². The van der Waals surface area contributed by atoms with Crippen LogP contribution in [0.1, 0.15) is 9.67 Å². The molecule has 0 aliphatic carbocycles. The lowest BCUT2D eigenvalue weighted by Crippen LogP contribution is -2.48. The molecule has 11 nitrogen and oxygen atoms in total. The second-order valence-corrected chi connectivity index (χ2v) is 8.81. The molecule has 1 aliphatic heterocycles. The van der Waals surface area contributed by atoms with Crippen LogP contribution < -0.4 is 21.0 Å². The van der Waals surface area contributed by atoms with E-state index < -0.39 is 28.0 Å². The minimum atomic E-state index is -4.86. The first kappa shape index (κ1) is 24.8. The van der Waals surface area contributed by atoms with E-state index in [-0.39, 0.29) is 22.9 Å². The third kappa shape index (κ3) is 6.25. The fourth-order valence-electron chi connectivity index (χ4n) is 2.65. The zero-order chi connectivity index (χ0) is 23.2. The van der Waals surface area contributed by atoms with Crippen LogP contribution in [0, 0.1) is 0 Å². The Morgan fingerprint density at radius 2 is 1.74 bits per heavy atom. The minimum Gasteiger partial charge on any atom is -0.406 e. The largest absolute Gasteiger partial charge is 0.573 e. The predicted molar refractivity (Wildman–Crippen MR) is 101 cm³/mol. The third-order valence-electron chi connectivity index (χ3n) is 4.02. The van der Waals surface area contributed by atoms with E-state index in [1.165, 1.54) is 16.0 Å². The number of hydrogen-bond donors (Lipinski definition) is 4. The van der Waals surface area contributed by atoms with Crippen LogP contribution in [0.15, 0.2) is 35.4 Å². The molecule has 172 valence electrons. The van der Waals surface area contributed by atoms with Crippen molar-refractivity contribution in [3.63, 3.8) is 0 Å². The van der Waals surface area contributed by atoms with Crippen LogP contribution in [0.2, 0.25) is 0 Å². The highest BCUT2D eigenvalue weighted by molar-refractivity contribution is 7.89. The van der Waals surface area contributed by atoms with Crippen molar-refractivity contribution in [1.82, 2.24) is 14.8 Å². The first-order valence-electron chi connectivity index (χ1n) is 8.37. The van der Waals surface area contributed by atoms with Gasteiger partial charge < -0.3 is 14.8 Å². The summed E-state index contributed by atoms with van der Waals surface area (Å²) in [5.41, 5.74) is 1.51. The van der Waals surface area contributed by atoms with E-state index in [0.717, 1.165) is 35.6 Å². The van der Waals surface area contributed by atoms with Gasteiger partial charge in [0.25, 0.3) is 5.91 Å². The van der Waals surface area contributed by atoms with Gasteiger partial charge in [0.05, 0.1) is 11.1 Å². The van der Waals surface area contributed by atoms with Crippen LogP contribution in [0.4, 0.5) is 18.3 Å². The number of piperazine rings is 1. The molecule has 0 radical (unpaired) electrons. The Hall–Kier alpha value is -2.50. The molecule has 1 fully saturated rings. The summed E-state index contributed by atoms with van der Waals surface area (Å²) in [6.07, 6.45) is -3.55. The second kappa shape index (κ2) is 10.2. The maximum Gasteiger partial charge on any atom is 0.573 e. The number of halogens is 3. The van der Waals surface area contributed by atoms with Crippen LogP contribution in [0.5, 0.6) is 5.75 Å². The summed E-state index contributed by atoms with van der Waals surface area (Å²) in [6.45, 7) is 0.874. The number of hydrogen-bond acceptors (Lipinski definition) is 10. The summed E-state index contributed by atoms with van der Waals surface area (Å²) in [5, 5.41) is 15.7. The number of alkyl halides is 3. The number of anilines is 1. The lowest BCUT2D eigenvalue weighted by atomic mass is 10.3. The highest BCUT2D eigenvalue weighted by Crippen LogP contribution is 2.27. The molecule has 2 aromatic rings. The molecule has 0 bridgehead atoms. The molecule has 0 unspecified atom stereocenters. The normalized spacial score (nSPS) is 15.1. The van der Waals surface area contributed by atoms with Crippen LogP contribution >= 0.6 is 11.3 Å². The van der Waals surface area contributed by atoms with E-state index in [9.17, 15) is 26.4 Å². The number of nitrogens with zero attached hydrogens (tertiary/aromatic N) is 3. The summed E-state index contributed by atoms with van der Waals surface area (Å²) in [4.78, 5) is 17.3. The molecule has 1 aromatic heterocycles. The molecule has 16 heteroatoms. The molecular weight excluding hydrogens is 467 g/mol. The fourth-order valence-corrected chi connectivity index (χ4v) is 4.93. The van der Waals surface area contributed by atoms with Crippen LogP contribution in [0.3, 0.4) is 0 Å². The van der Waals surface area contributed by atoms with Gasteiger partial charge in [0.2, 0.25) is 10.0 Å². The third-order valence-corrected chi connectivity index (χ3v) is 6.99. The Balaban J connectivity index is 0.00000166. The lowest BCUT2D eigenvalue weighted by molar-refractivity contribution is -0.274. The standard InChI is InChI=1S/C15H15F3N4O5S2.H3NO/c16-15(17,18)27-10-1-3-11(4-2-10)29(25,26)22-7-5-21(6-8-22)14-19-9-12(28-14)13(23)20-24;1-2/h1-4,9,24H,5-8H2,(H,20,23);2H,1H2. The molecule has 1 amide bonds. The average Bonchev–Trinajstić information content (AvgIpc) is 3.24. The molecule has 31 heavy (non-hydrogen) atoms. The van der Waals surface area contributed by atoms with Crippen molar-refractivity contribution in [1.29, 1.82) is 0 Å². The average molecular weight is 485 g/mol. The number of carbonyl (C=O) groups excluding carboxylic acids is 1. The maximum atomic E-state index is 12.7. The highest BCUT2D eigenvalue weighted by atomic mass is 32.2. The number of nitrogens with one attached hydrogen (secondary N) is 1. The van der Waals surface area contributed by atoms with Crippen LogP contribution in [0.25, 0.3) is 0 Å². The van der Waals surface area contributed by atoms with E-state index in [2.05, 4.69) is 15.6 Å². The number of benzene rings is 1. The van der Waals surface area contributed by atoms with E-state index >= 15 is 0 Å². The van der Waals surface area contributed by atoms with E-state index in [1.807, 2.05) is 0 Å². The summed E-state index contributed by atoms with van der Waals surface area (Å²) >= 11 is 1.05. The number of amides is 1.